The summed E-state index contributed by atoms with van der Waals surface area (Å²) >= 11 is 0. The highest BCUT2D eigenvalue weighted by Crippen LogP contribution is 2.20. The average molecular weight is 388 g/mol. The molecule has 1 unspecified atom stereocenters. The molecule has 1 amide bonds. The summed E-state index contributed by atoms with van der Waals surface area (Å²) in [6.07, 6.45) is 3.91. The Morgan fingerprint density at radius 3 is 2.64 bits per heavy atom. The summed E-state index contributed by atoms with van der Waals surface area (Å²) in [5.41, 5.74) is 0.540. The van der Waals surface area contributed by atoms with Gasteiger partial charge in [-0.3, -0.25) is 9.79 Å². The number of phenolic OH excluding ortho intramolecular Hbond substituents is 1. The molecular formula is C21H33N5O2. The summed E-state index contributed by atoms with van der Waals surface area (Å²) in [5.74, 6) is 1.68. The van der Waals surface area contributed by atoms with Crippen LogP contribution in [0.1, 0.15) is 36.5 Å². The molecule has 7 heteroatoms. The van der Waals surface area contributed by atoms with Crippen molar-refractivity contribution >= 4 is 11.9 Å². The lowest BCUT2D eigenvalue weighted by molar-refractivity contribution is 0.0955. The smallest absolute Gasteiger partial charge is 0.251 e. The van der Waals surface area contributed by atoms with E-state index in [1.807, 2.05) is 0 Å². The van der Waals surface area contributed by atoms with Crippen LogP contribution in [0.2, 0.25) is 0 Å². The minimum atomic E-state index is -0.146. The van der Waals surface area contributed by atoms with Crippen LogP contribution in [0.25, 0.3) is 0 Å². The summed E-state index contributed by atoms with van der Waals surface area (Å²) < 4.78 is 0. The van der Waals surface area contributed by atoms with Gasteiger partial charge in [-0.15, -0.1) is 0 Å². The molecule has 0 aromatic heterocycles. The van der Waals surface area contributed by atoms with Crippen LogP contribution in [0.15, 0.2) is 29.3 Å². The first-order valence-electron chi connectivity index (χ1n) is 10.5. The van der Waals surface area contributed by atoms with Crippen LogP contribution in [0.4, 0.5) is 0 Å². The molecule has 2 fully saturated rings. The monoisotopic (exact) mass is 387 g/mol. The van der Waals surface area contributed by atoms with Crippen LogP contribution in [0.3, 0.4) is 0 Å². The summed E-state index contributed by atoms with van der Waals surface area (Å²) in [7, 11) is 0. The minimum absolute atomic E-state index is 0.146. The van der Waals surface area contributed by atoms with Gasteiger partial charge in [0.15, 0.2) is 5.96 Å². The molecule has 0 bridgehead atoms. The SMILES string of the molecule is CCNC(=NCCNC(=O)c1ccc(O)cc1)N1CCC(CN2CCCC2)C1. The quantitative estimate of drug-likeness (QED) is 0.375. The molecule has 154 valence electrons. The highest BCUT2D eigenvalue weighted by atomic mass is 16.3. The van der Waals surface area contributed by atoms with Crippen molar-refractivity contribution in [3.05, 3.63) is 29.8 Å². The van der Waals surface area contributed by atoms with E-state index < -0.39 is 0 Å². The van der Waals surface area contributed by atoms with Gasteiger partial charge in [0.05, 0.1) is 6.54 Å². The fourth-order valence-corrected chi connectivity index (χ4v) is 3.98. The van der Waals surface area contributed by atoms with Crippen LogP contribution in [-0.2, 0) is 0 Å². The van der Waals surface area contributed by atoms with E-state index in [-0.39, 0.29) is 11.7 Å². The number of carbonyl (C=O) groups is 1. The van der Waals surface area contributed by atoms with Crippen molar-refractivity contribution in [3.8, 4) is 5.75 Å². The molecule has 1 atom stereocenters. The number of amides is 1. The van der Waals surface area contributed by atoms with E-state index in [4.69, 9.17) is 4.99 Å². The molecule has 3 N–H and O–H groups in total. The molecule has 0 aliphatic carbocycles. The van der Waals surface area contributed by atoms with E-state index in [2.05, 4.69) is 27.4 Å². The lowest BCUT2D eigenvalue weighted by Crippen LogP contribution is -2.41. The molecule has 0 spiro atoms. The van der Waals surface area contributed by atoms with Gasteiger partial charge in [-0.05, 0) is 69.5 Å². The minimum Gasteiger partial charge on any atom is -0.508 e. The molecule has 7 nitrogen and oxygen atoms in total. The summed E-state index contributed by atoms with van der Waals surface area (Å²) in [5, 5.41) is 15.6. The van der Waals surface area contributed by atoms with Crippen molar-refractivity contribution < 1.29 is 9.90 Å². The van der Waals surface area contributed by atoms with Gasteiger partial charge >= 0.3 is 0 Å². The number of carbonyl (C=O) groups excluding carboxylic acids is 1. The van der Waals surface area contributed by atoms with Crippen molar-refractivity contribution in [1.29, 1.82) is 0 Å². The van der Waals surface area contributed by atoms with Gasteiger partial charge in [-0.25, -0.2) is 0 Å². The van der Waals surface area contributed by atoms with Crippen LogP contribution in [0, 0.1) is 5.92 Å². The first kappa shape index (κ1) is 20.5. The second-order valence-corrected chi connectivity index (χ2v) is 7.65. The lowest BCUT2D eigenvalue weighted by atomic mass is 10.1. The van der Waals surface area contributed by atoms with Crippen molar-refractivity contribution in [1.82, 2.24) is 20.4 Å². The summed E-state index contributed by atoms with van der Waals surface area (Å²) in [6.45, 7) is 9.77. The van der Waals surface area contributed by atoms with E-state index in [9.17, 15) is 9.90 Å². The van der Waals surface area contributed by atoms with Gasteiger partial charge in [0.1, 0.15) is 5.75 Å². The Kier molecular flexibility index (Phi) is 7.54. The predicted molar refractivity (Wildman–Crippen MR) is 112 cm³/mol. The molecule has 2 aliphatic heterocycles. The number of hydrogen-bond donors (Lipinski definition) is 3. The zero-order chi connectivity index (χ0) is 19.8. The van der Waals surface area contributed by atoms with Gasteiger partial charge in [0.25, 0.3) is 5.91 Å². The number of benzene rings is 1. The van der Waals surface area contributed by atoms with Gasteiger partial charge in [-0.1, -0.05) is 0 Å². The van der Waals surface area contributed by atoms with E-state index in [0.29, 0.717) is 18.7 Å². The summed E-state index contributed by atoms with van der Waals surface area (Å²) in [4.78, 5) is 21.8. The molecule has 1 aromatic rings. The number of hydrogen-bond acceptors (Lipinski definition) is 4. The largest absolute Gasteiger partial charge is 0.508 e. The number of nitrogens with zero attached hydrogens (tertiary/aromatic N) is 3. The van der Waals surface area contributed by atoms with Crippen molar-refractivity contribution in [2.45, 2.75) is 26.2 Å². The topological polar surface area (TPSA) is 80.2 Å². The van der Waals surface area contributed by atoms with Gasteiger partial charge < -0.3 is 25.5 Å². The zero-order valence-corrected chi connectivity index (χ0v) is 16.9. The molecule has 28 heavy (non-hydrogen) atoms. The standard InChI is InChI=1S/C21H33N5O2/c1-2-22-21(26-14-9-17(16-26)15-25-12-3-4-13-25)24-11-10-23-20(28)18-5-7-19(27)8-6-18/h5-8,17,27H,2-4,9-16H2,1H3,(H,22,24)(H,23,28). The second-order valence-electron chi connectivity index (χ2n) is 7.65. The number of guanidine groups is 1. The number of phenols is 1. The van der Waals surface area contributed by atoms with E-state index in [0.717, 1.165) is 31.5 Å². The molecule has 3 rings (SSSR count). The molecule has 0 radical (unpaired) electrons. The van der Waals surface area contributed by atoms with Gasteiger partial charge in [0, 0.05) is 38.3 Å². The Balaban J connectivity index is 1.44. The Bertz CT molecular complexity index is 655. The van der Waals surface area contributed by atoms with Crippen molar-refractivity contribution in [3.63, 3.8) is 0 Å². The Morgan fingerprint density at radius 1 is 1.18 bits per heavy atom. The number of nitrogens with one attached hydrogen (secondary N) is 2. The fraction of sp³-hybridized carbons (Fsp3) is 0.619. The molecule has 1 aromatic carbocycles. The maximum Gasteiger partial charge on any atom is 0.251 e. The fourth-order valence-electron chi connectivity index (χ4n) is 3.98. The first-order chi connectivity index (χ1) is 13.7. The molecule has 0 saturated carbocycles. The predicted octanol–water partition coefficient (Wildman–Crippen LogP) is 1.51. The van der Waals surface area contributed by atoms with Crippen LogP contribution in [-0.4, -0.2) is 79.1 Å². The third-order valence-electron chi connectivity index (χ3n) is 5.42. The number of aliphatic imine (C=N–C) groups is 1. The normalized spacial score (nSPS) is 20.5. The second kappa shape index (κ2) is 10.3. The van der Waals surface area contributed by atoms with Crippen molar-refractivity contribution in [2.75, 3.05) is 52.4 Å². The maximum absolute atomic E-state index is 12.1. The molecule has 2 aliphatic rings. The number of likely N-dealkylation sites (tertiary alicyclic amines) is 2. The van der Waals surface area contributed by atoms with Gasteiger partial charge in [0.2, 0.25) is 0 Å². The molecule has 2 heterocycles. The Labute approximate surface area is 167 Å². The van der Waals surface area contributed by atoms with Crippen LogP contribution < -0.4 is 10.6 Å². The Hall–Kier alpha value is -2.28. The third-order valence-corrected chi connectivity index (χ3v) is 5.42. The molecular weight excluding hydrogens is 354 g/mol. The van der Waals surface area contributed by atoms with E-state index >= 15 is 0 Å². The van der Waals surface area contributed by atoms with Crippen LogP contribution >= 0.6 is 0 Å². The van der Waals surface area contributed by atoms with Crippen LogP contribution in [0.5, 0.6) is 5.75 Å². The first-order valence-corrected chi connectivity index (χ1v) is 10.5. The van der Waals surface area contributed by atoms with E-state index in [1.54, 1.807) is 12.1 Å². The maximum atomic E-state index is 12.1. The van der Waals surface area contributed by atoms with Crippen molar-refractivity contribution in [2.24, 2.45) is 10.9 Å². The zero-order valence-electron chi connectivity index (χ0n) is 16.9. The third kappa shape index (κ3) is 5.86. The molecule has 2 saturated heterocycles. The highest BCUT2D eigenvalue weighted by Gasteiger charge is 2.27. The number of rotatable bonds is 7. The summed E-state index contributed by atoms with van der Waals surface area (Å²) in [6, 6.07) is 6.26. The lowest BCUT2D eigenvalue weighted by Gasteiger charge is -2.23. The number of aromatic hydroxyl groups is 1. The van der Waals surface area contributed by atoms with E-state index in [1.165, 1.54) is 51.0 Å². The van der Waals surface area contributed by atoms with Gasteiger partial charge in [-0.2, -0.15) is 0 Å². The Morgan fingerprint density at radius 2 is 1.93 bits per heavy atom. The highest BCUT2D eigenvalue weighted by molar-refractivity contribution is 5.94. The average Bonchev–Trinajstić information content (AvgIpc) is 3.37.